The van der Waals surface area contributed by atoms with Crippen molar-refractivity contribution in [2.75, 3.05) is 5.75 Å². The Labute approximate surface area is 107 Å². The molecule has 0 saturated heterocycles. The number of thioether (sulfide) groups is 1. The lowest BCUT2D eigenvalue weighted by Crippen LogP contribution is -2.14. The molecule has 6 nitrogen and oxygen atoms in total. The maximum atomic E-state index is 11.0. The summed E-state index contributed by atoms with van der Waals surface area (Å²) >= 11 is 4.89. The quantitative estimate of drug-likeness (QED) is 0.567. The van der Waals surface area contributed by atoms with E-state index in [0.717, 1.165) is 5.56 Å². The van der Waals surface area contributed by atoms with Crippen LogP contribution in [0.5, 0.6) is 0 Å². The summed E-state index contributed by atoms with van der Waals surface area (Å²) in [7, 11) is 0. The largest absolute Gasteiger partial charge is 0.302 e. The molecule has 8 heteroatoms. The first-order valence-electron chi connectivity index (χ1n) is 4.68. The molecule has 2 N–H and O–H groups in total. The summed E-state index contributed by atoms with van der Waals surface area (Å²) in [4.78, 5) is 19.1. The van der Waals surface area contributed by atoms with E-state index in [-0.39, 0.29) is 11.7 Å². The molecule has 2 aromatic heterocycles. The van der Waals surface area contributed by atoms with Crippen LogP contribution in [0.25, 0.3) is 11.4 Å². The van der Waals surface area contributed by atoms with Gasteiger partial charge in [0.2, 0.25) is 11.1 Å². The maximum absolute atomic E-state index is 11.0. The number of pyridine rings is 1. The Morgan fingerprint density at radius 3 is 2.94 bits per heavy atom. The van der Waals surface area contributed by atoms with Gasteiger partial charge < -0.3 is 4.72 Å². The number of hydrogen-bond acceptors (Lipinski definition) is 6. The molecule has 0 saturated carbocycles. The molecule has 0 aromatic carbocycles. The lowest BCUT2D eigenvalue weighted by molar-refractivity contribution is -0.116. The summed E-state index contributed by atoms with van der Waals surface area (Å²) in [5.74, 6) is 0.701. The molecule has 2 heterocycles. The molecule has 0 unspecified atom stereocenters. The first-order chi connectivity index (χ1) is 8.29. The molecule has 0 radical (unpaired) electrons. The number of carbonyl (C=O) groups is 1. The predicted octanol–water partition coefficient (Wildman–Crippen LogP) is 0.920. The number of carbonyl (C=O) groups excluding carboxylic acids is 1. The van der Waals surface area contributed by atoms with E-state index in [0.29, 0.717) is 11.0 Å². The van der Waals surface area contributed by atoms with Gasteiger partial charge in [0.05, 0.1) is 5.75 Å². The molecule has 17 heavy (non-hydrogen) atoms. The van der Waals surface area contributed by atoms with Crippen LogP contribution in [0.4, 0.5) is 0 Å². The van der Waals surface area contributed by atoms with Gasteiger partial charge in [0, 0.05) is 18.0 Å². The average molecular weight is 267 g/mol. The fourth-order valence-corrected chi connectivity index (χ4v) is 1.90. The van der Waals surface area contributed by atoms with Crippen LogP contribution in [0.1, 0.15) is 0 Å². The highest BCUT2D eigenvalue weighted by Gasteiger charge is 2.07. The highest BCUT2D eigenvalue weighted by molar-refractivity contribution is 7.99. The number of amides is 1. The van der Waals surface area contributed by atoms with Gasteiger partial charge in [-0.3, -0.25) is 14.9 Å². The third kappa shape index (κ3) is 3.21. The Kier molecular flexibility index (Phi) is 3.99. The number of nitrogens with one attached hydrogen (secondary N) is 2. The van der Waals surface area contributed by atoms with Crippen molar-refractivity contribution in [3.05, 3.63) is 24.5 Å². The molecule has 0 spiro atoms. The van der Waals surface area contributed by atoms with Gasteiger partial charge in [0.15, 0.2) is 5.82 Å². The molecule has 2 rings (SSSR count). The molecule has 0 bridgehead atoms. The monoisotopic (exact) mass is 267 g/mol. The van der Waals surface area contributed by atoms with Crippen molar-refractivity contribution in [2.45, 2.75) is 5.16 Å². The highest BCUT2D eigenvalue weighted by atomic mass is 32.2. The topological polar surface area (TPSA) is 83.6 Å². The Morgan fingerprint density at radius 1 is 1.47 bits per heavy atom. The van der Waals surface area contributed by atoms with Crippen molar-refractivity contribution in [3.63, 3.8) is 0 Å². The van der Waals surface area contributed by atoms with Crippen LogP contribution in [0.2, 0.25) is 0 Å². The van der Waals surface area contributed by atoms with Gasteiger partial charge in [0.25, 0.3) is 0 Å². The molecular formula is C9H9N5OS2. The molecule has 0 aliphatic carbocycles. The second kappa shape index (κ2) is 5.69. The lowest BCUT2D eigenvalue weighted by Gasteiger charge is -1.94. The number of thiol groups is 1. The van der Waals surface area contributed by atoms with Crippen LogP contribution in [0.15, 0.2) is 29.7 Å². The summed E-state index contributed by atoms with van der Waals surface area (Å²) in [6.45, 7) is 0. The lowest BCUT2D eigenvalue weighted by atomic mass is 10.3. The molecule has 0 aliphatic heterocycles. The van der Waals surface area contributed by atoms with Crippen molar-refractivity contribution in [1.82, 2.24) is 24.9 Å². The van der Waals surface area contributed by atoms with Gasteiger partial charge in [-0.2, -0.15) is 0 Å². The van der Waals surface area contributed by atoms with Crippen LogP contribution >= 0.6 is 24.6 Å². The molecule has 1 amide bonds. The van der Waals surface area contributed by atoms with Crippen LogP contribution in [-0.4, -0.2) is 31.8 Å². The Morgan fingerprint density at radius 2 is 2.24 bits per heavy atom. The zero-order valence-corrected chi connectivity index (χ0v) is 10.3. The van der Waals surface area contributed by atoms with Gasteiger partial charge in [-0.05, 0) is 12.1 Å². The standard InChI is InChI=1S/C9H9N5OS2/c15-7(14-16)5-17-9-11-8(12-13-9)6-1-3-10-4-2-6/h1-4,16H,5H2,(H,14,15)(H,11,12,13). The predicted molar refractivity (Wildman–Crippen MR) is 67.5 cm³/mol. The van der Waals surface area contributed by atoms with E-state index in [2.05, 4.69) is 37.7 Å². The van der Waals surface area contributed by atoms with Gasteiger partial charge in [-0.25, -0.2) is 4.98 Å². The number of nitrogens with zero attached hydrogens (tertiary/aromatic N) is 3. The van der Waals surface area contributed by atoms with Crippen LogP contribution in [0, 0.1) is 0 Å². The summed E-state index contributed by atoms with van der Waals surface area (Å²) in [5, 5.41) is 7.33. The minimum Gasteiger partial charge on any atom is -0.302 e. The van der Waals surface area contributed by atoms with Gasteiger partial charge in [0.1, 0.15) is 0 Å². The summed E-state index contributed by atoms with van der Waals surface area (Å²) in [5.41, 5.74) is 0.901. The molecule has 88 valence electrons. The number of aromatic nitrogens is 4. The SMILES string of the molecule is O=C(CSc1n[nH]c(-c2ccncc2)n1)NS. The second-order valence-corrected chi connectivity index (χ2v) is 4.19. The molecule has 0 fully saturated rings. The third-order valence-corrected chi connectivity index (χ3v) is 2.97. The van der Waals surface area contributed by atoms with E-state index in [1.165, 1.54) is 11.8 Å². The number of H-pyrrole nitrogens is 1. The second-order valence-electron chi connectivity index (χ2n) is 3.03. The van der Waals surface area contributed by atoms with E-state index < -0.39 is 0 Å². The van der Waals surface area contributed by atoms with Gasteiger partial charge in [-0.15, -0.1) is 5.10 Å². The van der Waals surface area contributed by atoms with Crippen molar-refractivity contribution in [3.8, 4) is 11.4 Å². The third-order valence-electron chi connectivity index (χ3n) is 1.88. The Balaban J connectivity index is 2.04. The highest BCUT2D eigenvalue weighted by Crippen LogP contribution is 2.17. The van der Waals surface area contributed by atoms with E-state index in [1.807, 2.05) is 12.1 Å². The first-order valence-corrected chi connectivity index (χ1v) is 6.11. The van der Waals surface area contributed by atoms with E-state index in [9.17, 15) is 4.79 Å². The van der Waals surface area contributed by atoms with Gasteiger partial charge >= 0.3 is 0 Å². The summed E-state index contributed by atoms with van der Waals surface area (Å²) in [6, 6.07) is 3.66. The molecule has 0 aliphatic rings. The van der Waals surface area contributed by atoms with Crippen molar-refractivity contribution in [1.29, 1.82) is 0 Å². The molecule has 0 atom stereocenters. The van der Waals surface area contributed by atoms with Crippen molar-refractivity contribution >= 4 is 30.5 Å². The van der Waals surface area contributed by atoms with E-state index in [1.54, 1.807) is 12.4 Å². The maximum Gasteiger partial charge on any atom is 0.240 e. The smallest absolute Gasteiger partial charge is 0.240 e. The summed E-state index contributed by atoms with van der Waals surface area (Å²) < 4.78 is 2.23. The van der Waals surface area contributed by atoms with Crippen LogP contribution < -0.4 is 4.72 Å². The zero-order chi connectivity index (χ0) is 12.1. The Hall–Kier alpha value is -1.54. The Bertz CT molecular complexity index is 501. The average Bonchev–Trinajstić information content (AvgIpc) is 2.86. The zero-order valence-electron chi connectivity index (χ0n) is 8.62. The summed E-state index contributed by atoms with van der Waals surface area (Å²) in [6.07, 6.45) is 3.36. The minimum atomic E-state index is -0.186. The minimum absolute atomic E-state index is 0.186. The van der Waals surface area contributed by atoms with Gasteiger partial charge in [-0.1, -0.05) is 24.6 Å². The fourth-order valence-electron chi connectivity index (χ4n) is 1.11. The normalized spacial score (nSPS) is 10.2. The van der Waals surface area contributed by atoms with Crippen LogP contribution in [-0.2, 0) is 4.79 Å². The van der Waals surface area contributed by atoms with Crippen LogP contribution in [0.3, 0.4) is 0 Å². The number of rotatable bonds is 4. The first kappa shape index (κ1) is 11.9. The molecule has 2 aromatic rings. The van der Waals surface area contributed by atoms with Crippen molar-refractivity contribution in [2.24, 2.45) is 0 Å². The van der Waals surface area contributed by atoms with Crippen molar-refractivity contribution < 1.29 is 4.79 Å². The van der Waals surface area contributed by atoms with E-state index in [4.69, 9.17) is 0 Å². The fraction of sp³-hybridized carbons (Fsp3) is 0.111. The van der Waals surface area contributed by atoms with E-state index >= 15 is 0 Å². The number of hydrogen-bond donors (Lipinski definition) is 3. The molecular weight excluding hydrogens is 258 g/mol. The number of aromatic amines is 1.